The summed E-state index contributed by atoms with van der Waals surface area (Å²) in [6.45, 7) is 3.00. The highest BCUT2D eigenvalue weighted by atomic mass is 19.1. The highest BCUT2D eigenvalue weighted by Crippen LogP contribution is 2.28. The van der Waals surface area contributed by atoms with Crippen LogP contribution in [0, 0.1) is 25.5 Å². The van der Waals surface area contributed by atoms with E-state index in [-0.39, 0.29) is 22.3 Å². The van der Waals surface area contributed by atoms with E-state index in [2.05, 4.69) is 0 Å². The summed E-state index contributed by atoms with van der Waals surface area (Å²) in [5, 5.41) is 0. The van der Waals surface area contributed by atoms with Crippen LogP contribution in [0.3, 0.4) is 0 Å². The normalized spacial score (nSPS) is 10.5. The molecule has 0 aliphatic heterocycles. The van der Waals surface area contributed by atoms with E-state index < -0.39 is 17.4 Å². The molecule has 0 heterocycles. The molecule has 2 aromatic carbocycles. The van der Waals surface area contributed by atoms with Crippen LogP contribution in [0.15, 0.2) is 24.3 Å². The zero-order chi connectivity index (χ0) is 16.4. The van der Waals surface area contributed by atoms with Crippen LogP contribution in [0.25, 0.3) is 0 Å². The molecule has 0 saturated carbocycles. The van der Waals surface area contributed by atoms with E-state index >= 15 is 0 Å². The number of hydrogen-bond donors (Lipinski definition) is 0. The first-order valence-corrected chi connectivity index (χ1v) is 6.63. The van der Waals surface area contributed by atoms with Crippen LogP contribution in [-0.4, -0.2) is 20.0 Å². The molecule has 0 bridgehead atoms. The molecule has 0 fully saturated rings. The lowest BCUT2D eigenvalue weighted by Crippen LogP contribution is -2.10. The smallest absolute Gasteiger partial charge is 0.198 e. The monoisotopic (exact) mass is 306 g/mol. The number of methoxy groups -OCH3 is 2. The Bertz CT molecular complexity index is 678. The van der Waals surface area contributed by atoms with Gasteiger partial charge in [-0.05, 0) is 38.1 Å². The standard InChI is InChI=1S/C17H16F2O3/c1-9-13(21-3)7-5-11(15(9)18)17(20)12-6-8-14(22-4)10(2)16(12)19/h5-8H,1-4H3. The van der Waals surface area contributed by atoms with Gasteiger partial charge in [0, 0.05) is 11.1 Å². The molecule has 0 atom stereocenters. The maximum absolute atomic E-state index is 14.3. The highest BCUT2D eigenvalue weighted by Gasteiger charge is 2.22. The van der Waals surface area contributed by atoms with Crippen molar-refractivity contribution in [3.8, 4) is 11.5 Å². The van der Waals surface area contributed by atoms with Gasteiger partial charge in [0.15, 0.2) is 5.78 Å². The lowest BCUT2D eigenvalue weighted by Gasteiger charge is -2.12. The fourth-order valence-corrected chi connectivity index (χ4v) is 2.27. The molecule has 0 aliphatic carbocycles. The van der Waals surface area contributed by atoms with Crippen LogP contribution >= 0.6 is 0 Å². The van der Waals surface area contributed by atoms with E-state index in [0.29, 0.717) is 11.5 Å². The Morgan fingerprint density at radius 2 is 1.18 bits per heavy atom. The molecule has 0 spiro atoms. The van der Waals surface area contributed by atoms with Gasteiger partial charge in [-0.2, -0.15) is 0 Å². The lowest BCUT2D eigenvalue weighted by molar-refractivity contribution is 0.103. The van der Waals surface area contributed by atoms with Gasteiger partial charge in [0.25, 0.3) is 0 Å². The summed E-state index contributed by atoms with van der Waals surface area (Å²) < 4.78 is 38.6. The van der Waals surface area contributed by atoms with Gasteiger partial charge in [-0.25, -0.2) is 8.78 Å². The minimum atomic E-state index is -0.716. The van der Waals surface area contributed by atoms with Gasteiger partial charge in [0.05, 0.1) is 25.3 Å². The Morgan fingerprint density at radius 1 is 0.818 bits per heavy atom. The number of hydrogen-bond acceptors (Lipinski definition) is 3. The van der Waals surface area contributed by atoms with Gasteiger partial charge in [0.1, 0.15) is 23.1 Å². The molecular weight excluding hydrogens is 290 g/mol. The minimum absolute atomic E-state index is 0.193. The summed E-state index contributed by atoms with van der Waals surface area (Å²) in [5.41, 5.74) is 0.0292. The second kappa shape index (κ2) is 6.13. The van der Waals surface area contributed by atoms with Crippen LogP contribution in [0.4, 0.5) is 8.78 Å². The first kappa shape index (κ1) is 15.9. The number of carbonyl (C=O) groups excluding carboxylic acids is 1. The zero-order valence-electron chi connectivity index (χ0n) is 12.8. The number of carbonyl (C=O) groups is 1. The molecule has 3 nitrogen and oxygen atoms in total. The van der Waals surface area contributed by atoms with Crippen molar-refractivity contribution in [2.45, 2.75) is 13.8 Å². The zero-order valence-corrected chi connectivity index (χ0v) is 12.8. The Balaban J connectivity index is 2.54. The van der Waals surface area contributed by atoms with Gasteiger partial charge in [0.2, 0.25) is 0 Å². The summed E-state index contributed by atoms with van der Waals surface area (Å²) in [4.78, 5) is 12.4. The molecular formula is C17H16F2O3. The van der Waals surface area contributed by atoms with Gasteiger partial charge >= 0.3 is 0 Å². The molecule has 0 saturated heterocycles. The number of halogens is 2. The molecule has 0 aromatic heterocycles. The van der Waals surface area contributed by atoms with E-state index in [1.54, 1.807) is 0 Å². The van der Waals surface area contributed by atoms with Gasteiger partial charge in [-0.1, -0.05) is 0 Å². The number of rotatable bonds is 4. The minimum Gasteiger partial charge on any atom is -0.496 e. The largest absolute Gasteiger partial charge is 0.496 e. The molecule has 0 radical (unpaired) electrons. The van der Waals surface area contributed by atoms with E-state index in [1.165, 1.54) is 52.3 Å². The van der Waals surface area contributed by atoms with Crippen LogP contribution in [0.1, 0.15) is 27.0 Å². The van der Waals surface area contributed by atoms with Crippen LogP contribution < -0.4 is 9.47 Å². The average molecular weight is 306 g/mol. The second-order valence-corrected chi connectivity index (χ2v) is 4.84. The highest BCUT2D eigenvalue weighted by molar-refractivity contribution is 6.09. The first-order valence-electron chi connectivity index (χ1n) is 6.63. The fourth-order valence-electron chi connectivity index (χ4n) is 2.27. The van der Waals surface area contributed by atoms with Crippen molar-refractivity contribution in [3.63, 3.8) is 0 Å². The van der Waals surface area contributed by atoms with Crippen LogP contribution in [-0.2, 0) is 0 Å². The summed E-state index contributed by atoms with van der Waals surface area (Å²) in [6.07, 6.45) is 0. The summed E-state index contributed by atoms with van der Waals surface area (Å²) in [6, 6.07) is 5.56. The summed E-state index contributed by atoms with van der Waals surface area (Å²) >= 11 is 0. The molecule has 116 valence electrons. The van der Waals surface area contributed by atoms with E-state index in [9.17, 15) is 13.6 Å². The molecule has 0 N–H and O–H groups in total. The lowest BCUT2D eigenvalue weighted by atomic mass is 9.98. The SMILES string of the molecule is COc1ccc(C(=O)c2ccc(OC)c(C)c2F)c(F)c1C. The fraction of sp³-hybridized carbons (Fsp3) is 0.235. The van der Waals surface area contributed by atoms with Crippen molar-refractivity contribution in [1.29, 1.82) is 0 Å². The number of ether oxygens (including phenoxy) is 2. The Kier molecular flexibility index (Phi) is 4.45. The van der Waals surface area contributed by atoms with Crippen molar-refractivity contribution >= 4 is 5.78 Å². The van der Waals surface area contributed by atoms with Crippen molar-refractivity contribution in [2.24, 2.45) is 0 Å². The Labute approximate surface area is 127 Å². The number of benzene rings is 2. The first-order chi connectivity index (χ1) is 10.4. The average Bonchev–Trinajstić information content (AvgIpc) is 2.52. The van der Waals surface area contributed by atoms with E-state index in [1.807, 2.05) is 0 Å². The molecule has 22 heavy (non-hydrogen) atoms. The van der Waals surface area contributed by atoms with E-state index in [0.717, 1.165) is 0 Å². The maximum Gasteiger partial charge on any atom is 0.198 e. The topological polar surface area (TPSA) is 35.5 Å². The third-order valence-corrected chi connectivity index (χ3v) is 3.60. The molecule has 0 amide bonds. The quantitative estimate of drug-likeness (QED) is 0.805. The predicted octanol–water partition coefficient (Wildman–Crippen LogP) is 3.83. The molecule has 2 rings (SSSR count). The summed E-state index contributed by atoms with van der Waals surface area (Å²) in [7, 11) is 2.82. The van der Waals surface area contributed by atoms with Gasteiger partial charge in [-0.3, -0.25) is 4.79 Å². The van der Waals surface area contributed by atoms with Crippen LogP contribution in [0.2, 0.25) is 0 Å². The van der Waals surface area contributed by atoms with E-state index in [4.69, 9.17) is 9.47 Å². The Hall–Kier alpha value is -2.43. The third-order valence-electron chi connectivity index (χ3n) is 3.60. The van der Waals surface area contributed by atoms with Crippen molar-refractivity contribution < 1.29 is 23.0 Å². The maximum atomic E-state index is 14.3. The van der Waals surface area contributed by atoms with Gasteiger partial charge < -0.3 is 9.47 Å². The number of ketones is 1. The van der Waals surface area contributed by atoms with Crippen molar-refractivity contribution in [2.75, 3.05) is 14.2 Å². The summed E-state index contributed by atoms with van der Waals surface area (Å²) in [5.74, 6) is -1.47. The van der Waals surface area contributed by atoms with Gasteiger partial charge in [-0.15, -0.1) is 0 Å². The molecule has 5 heteroatoms. The van der Waals surface area contributed by atoms with Crippen molar-refractivity contribution in [3.05, 3.63) is 58.2 Å². The Morgan fingerprint density at radius 3 is 1.50 bits per heavy atom. The second-order valence-electron chi connectivity index (χ2n) is 4.84. The molecule has 0 unspecified atom stereocenters. The molecule has 0 aliphatic rings. The van der Waals surface area contributed by atoms with Crippen LogP contribution in [0.5, 0.6) is 11.5 Å². The third kappa shape index (κ3) is 2.54. The van der Waals surface area contributed by atoms with Crippen molar-refractivity contribution in [1.82, 2.24) is 0 Å². The molecule has 2 aromatic rings. The predicted molar refractivity (Wildman–Crippen MR) is 78.8 cm³/mol.